The number of hydrogen-bond acceptors (Lipinski definition) is 4. The van der Waals surface area contributed by atoms with Gasteiger partial charge in [-0.25, -0.2) is 0 Å². The van der Waals surface area contributed by atoms with Crippen molar-refractivity contribution in [2.75, 3.05) is 0 Å². The van der Waals surface area contributed by atoms with E-state index in [1.54, 1.807) is 0 Å². The van der Waals surface area contributed by atoms with E-state index in [0.717, 1.165) is 23.3 Å². The number of rotatable bonds is 5. The summed E-state index contributed by atoms with van der Waals surface area (Å²) in [6.45, 7) is 1.38. The van der Waals surface area contributed by atoms with Gasteiger partial charge in [0.15, 0.2) is 5.78 Å². The van der Waals surface area contributed by atoms with Crippen molar-refractivity contribution in [2.45, 2.75) is 42.4 Å². The van der Waals surface area contributed by atoms with Crippen LogP contribution in [0, 0.1) is 5.92 Å². The number of Topliss-reactive ketones (excluding diaryl/α,β-unsaturated/α-hetero) is 1. The Morgan fingerprint density at radius 1 is 1.12 bits per heavy atom. The van der Waals surface area contributed by atoms with E-state index in [0.29, 0.717) is 12.8 Å². The molecule has 1 saturated carbocycles. The van der Waals surface area contributed by atoms with Crippen molar-refractivity contribution in [3.8, 4) is 0 Å². The lowest BCUT2D eigenvalue weighted by molar-refractivity contribution is -0.160. The average Bonchev–Trinajstić information content (AvgIpc) is 2.60. The van der Waals surface area contributed by atoms with Gasteiger partial charge in [0.25, 0.3) is 0 Å². The van der Waals surface area contributed by atoms with Gasteiger partial charge in [-0.2, -0.15) is 0 Å². The highest BCUT2D eigenvalue weighted by molar-refractivity contribution is 8.01. The molecule has 25 heavy (non-hydrogen) atoms. The van der Waals surface area contributed by atoms with Gasteiger partial charge in [-0.3, -0.25) is 9.59 Å². The maximum Gasteiger partial charge on any atom is 0.304 e. The molecule has 0 aromatic heterocycles. The zero-order chi connectivity index (χ0) is 17.7. The summed E-state index contributed by atoms with van der Waals surface area (Å²) >= 11 is 1.37. The van der Waals surface area contributed by atoms with E-state index < -0.39 is 10.9 Å². The summed E-state index contributed by atoms with van der Waals surface area (Å²) in [5.74, 6) is -0.490. The van der Waals surface area contributed by atoms with Gasteiger partial charge in [-0.05, 0) is 37.0 Å². The van der Waals surface area contributed by atoms with Crippen LogP contribution in [0.4, 0.5) is 0 Å². The molecule has 1 aliphatic carbocycles. The van der Waals surface area contributed by atoms with Gasteiger partial charge < -0.3 is 4.74 Å². The van der Waals surface area contributed by atoms with Crippen LogP contribution in [0.3, 0.4) is 0 Å². The van der Waals surface area contributed by atoms with Gasteiger partial charge in [0.1, 0.15) is 0 Å². The molecule has 2 atom stereocenters. The smallest absolute Gasteiger partial charge is 0.304 e. The molecule has 1 aliphatic rings. The Morgan fingerprint density at radius 3 is 2.40 bits per heavy atom. The standard InChI is InChI=1S/C21H22O3S/c1-16(22)24-21(25-19-12-6-3-7-13-19)14-8-11-18(20(21)23)15-17-9-4-2-5-10-17/h2-7,9-10,12-13,18H,8,11,14-15H2,1H3. The minimum Gasteiger partial charge on any atom is -0.440 e. The third-order valence-corrected chi connectivity index (χ3v) is 5.79. The summed E-state index contributed by atoms with van der Waals surface area (Å²) in [6.07, 6.45) is 2.97. The zero-order valence-corrected chi connectivity index (χ0v) is 15.1. The van der Waals surface area contributed by atoms with Gasteiger partial charge in [-0.1, -0.05) is 60.3 Å². The van der Waals surface area contributed by atoms with Crippen LogP contribution in [0.25, 0.3) is 0 Å². The lowest BCUT2D eigenvalue weighted by Crippen LogP contribution is -2.47. The van der Waals surface area contributed by atoms with E-state index in [2.05, 4.69) is 0 Å². The van der Waals surface area contributed by atoms with E-state index in [1.165, 1.54) is 18.7 Å². The summed E-state index contributed by atoms with van der Waals surface area (Å²) in [6, 6.07) is 19.7. The van der Waals surface area contributed by atoms with E-state index in [1.807, 2.05) is 60.7 Å². The molecule has 0 N–H and O–H groups in total. The van der Waals surface area contributed by atoms with Crippen LogP contribution in [0.2, 0.25) is 0 Å². The molecule has 3 rings (SSSR count). The number of esters is 1. The fourth-order valence-corrected chi connectivity index (χ4v) is 4.72. The molecule has 0 bridgehead atoms. The molecule has 0 amide bonds. The van der Waals surface area contributed by atoms with Crippen molar-refractivity contribution in [1.82, 2.24) is 0 Å². The second-order valence-corrected chi connectivity index (χ2v) is 7.74. The molecule has 130 valence electrons. The van der Waals surface area contributed by atoms with Crippen LogP contribution >= 0.6 is 11.8 Å². The molecule has 0 spiro atoms. The predicted octanol–water partition coefficient (Wildman–Crippen LogP) is 4.65. The Hall–Kier alpha value is -2.07. The number of carbonyl (C=O) groups is 2. The number of ketones is 1. The van der Waals surface area contributed by atoms with Crippen molar-refractivity contribution in [1.29, 1.82) is 0 Å². The number of ether oxygens (including phenoxy) is 1. The number of carbonyl (C=O) groups excluding carboxylic acids is 2. The SMILES string of the molecule is CC(=O)OC1(Sc2ccccc2)CCCC(Cc2ccccc2)C1=O. The zero-order valence-electron chi connectivity index (χ0n) is 14.3. The molecule has 0 heterocycles. The molecule has 2 aromatic rings. The Labute approximate surface area is 152 Å². The summed E-state index contributed by atoms with van der Waals surface area (Å²) < 4.78 is 5.64. The summed E-state index contributed by atoms with van der Waals surface area (Å²) in [4.78, 5) is 24.9. The van der Waals surface area contributed by atoms with Gasteiger partial charge in [0, 0.05) is 24.2 Å². The molecule has 2 unspecified atom stereocenters. The fourth-order valence-electron chi connectivity index (χ4n) is 3.37. The lowest BCUT2D eigenvalue weighted by atomic mass is 9.81. The number of benzene rings is 2. The second-order valence-electron chi connectivity index (χ2n) is 6.40. The third kappa shape index (κ3) is 4.31. The first kappa shape index (κ1) is 17.7. The maximum atomic E-state index is 13.3. The Morgan fingerprint density at radius 2 is 1.76 bits per heavy atom. The second kappa shape index (κ2) is 7.87. The molecule has 0 aliphatic heterocycles. The highest BCUT2D eigenvalue weighted by Gasteiger charge is 2.48. The van der Waals surface area contributed by atoms with Crippen LogP contribution in [-0.4, -0.2) is 16.7 Å². The summed E-state index contributed by atoms with van der Waals surface area (Å²) in [5.41, 5.74) is 1.14. The first-order chi connectivity index (χ1) is 12.1. The van der Waals surface area contributed by atoms with Crippen molar-refractivity contribution in [2.24, 2.45) is 5.92 Å². The highest BCUT2D eigenvalue weighted by atomic mass is 32.2. The number of thioether (sulfide) groups is 1. The molecule has 0 radical (unpaired) electrons. The average molecular weight is 354 g/mol. The van der Waals surface area contributed by atoms with Crippen molar-refractivity contribution in [3.05, 3.63) is 66.2 Å². The topological polar surface area (TPSA) is 43.4 Å². The lowest BCUT2D eigenvalue weighted by Gasteiger charge is -2.38. The van der Waals surface area contributed by atoms with E-state index >= 15 is 0 Å². The van der Waals surface area contributed by atoms with Crippen LogP contribution < -0.4 is 0 Å². The van der Waals surface area contributed by atoms with Crippen LogP contribution in [0.5, 0.6) is 0 Å². The molecular formula is C21H22O3S. The molecule has 0 saturated heterocycles. The molecule has 3 nitrogen and oxygen atoms in total. The van der Waals surface area contributed by atoms with Gasteiger partial charge in [0.2, 0.25) is 4.93 Å². The van der Waals surface area contributed by atoms with E-state index in [9.17, 15) is 9.59 Å². The molecule has 1 fully saturated rings. The quantitative estimate of drug-likeness (QED) is 0.579. The first-order valence-corrected chi connectivity index (χ1v) is 9.42. The largest absolute Gasteiger partial charge is 0.440 e. The Balaban J connectivity index is 1.85. The van der Waals surface area contributed by atoms with Crippen LogP contribution in [0.1, 0.15) is 31.7 Å². The molecular weight excluding hydrogens is 332 g/mol. The maximum absolute atomic E-state index is 13.3. The van der Waals surface area contributed by atoms with Crippen LogP contribution in [-0.2, 0) is 20.7 Å². The minimum absolute atomic E-state index is 0.0339. The normalized spacial score (nSPS) is 23.2. The van der Waals surface area contributed by atoms with Crippen molar-refractivity contribution >= 4 is 23.5 Å². The predicted molar refractivity (Wildman–Crippen MR) is 99.3 cm³/mol. The van der Waals surface area contributed by atoms with Crippen LogP contribution in [0.15, 0.2) is 65.6 Å². The molecule has 4 heteroatoms. The minimum atomic E-state index is -1.11. The van der Waals surface area contributed by atoms with E-state index in [-0.39, 0.29) is 11.7 Å². The van der Waals surface area contributed by atoms with Crippen molar-refractivity contribution < 1.29 is 14.3 Å². The molecule has 2 aromatic carbocycles. The Bertz CT molecular complexity index is 729. The monoisotopic (exact) mass is 354 g/mol. The Kier molecular flexibility index (Phi) is 5.59. The van der Waals surface area contributed by atoms with Crippen molar-refractivity contribution in [3.63, 3.8) is 0 Å². The third-order valence-electron chi connectivity index (χ3n) is 4.46. The highest BCUT2D eigenvalue weighted by Crippen LogP contribution is 2.45. The van der Waals surface area contributed by atoms with Gasteiger partial charge in [0.05, 0.1) is 0 Å². The summed E-state index contributed by atoms with van der Waals surface area (Å²) in [5, 5.41) is 0. The van der Waals surface area contributed by atoms with E-state index in [4.69, 9.17) is 4.74 Å². The summed E-state index contributed by atoms with van der Waals surface area (Å²) in [7, 11) is 0. The fraction of sp³-hybridized carbons (Fsp3) is 0.333. The van der Waals surface area contributed by atoms with Gasteiger partial charge in [-0.15, -0.1) is 0 Å². The first-order valence-electron chi connectivity index (χ1n) is 8.61. The number of hydrogen-bond donors (Lipinski definition) is 0. The van der Waals surface area contributed by atoms with Gasteiger partial charge >= 0.3 is 5.97 Å².